The van der Waals surface area contributed by atoms with Crippen LogP contribution in [0.5, 0.6) is 0 Å². The molecular weight excluding hydrogens is 432 g/mol. The van der Waals surface area contributed by atoms with Crippen LogP contribution >= 0.6 is 0 Å². The van der Waals surface area contributed by atoms with Gasteiger partial charge in [0.15, 0.2) is 5.96 Å². The molecule has 0 heterocycles. The second-order valence-corrected chi connectivity index (χ2v) is 7.32. The number of nitrogens with one attached hydrogen (secondary N) is 5. The van der Waals surface area contributed by atoms with Crippen molar-refractivity contribution in [3.63, 3.8) is 0 Å². The maximum atomic E-state index is 12.5. The number of hydrogen-bond acceptors (Lipinski definition) is 7. The molecule has 1 aromatic rings. The van der Waals surface area contributed by atoms with E-state index in [0.717, 1.165) is 5.56 Å². The number of guanidine groups is 1. The molecule has 0 fully saturated rings. The SMILES string of the molecule is C[C@H](NC(=O)[C@@H](NC(=O)OCc1ccccc1)[C@@H](C)O)C(=O)N[C@H]([C]=O)CCCNC(=N)N. The Labute approximate surface area is 192 Å². The summed E-state index contributed by atoms with van der Waals surface area (Å²) in [7, 11) is 0. The zero-order chi connectivity index (χ0) is 24.8. The van der Waals surface area contributed by atoms with Crippen LogP contribution in [0.1, 0.15) is 32.3 Å². The van der Waals surface area contributed by atoms with E-state index in [1.807, 2.05) is 6.07 Å². The molecule has 0 bridgehead atoms. The summed E-state index contributed by atoms with van der Waals surface area (Å²) in [5, 5.41) is 26.6. The number of amides is 3. The minimum atomic E-state index is -1.37. The molecular formula is C21H31N6O6. The van der Waals surface area contributed by atoms with Gasteiger partial charge in [-0.1, -0.05) is 30.3 Å². The van der Waals surface area contributed by atoms with Crippen molar-refractivity contribution in [2.75, 3.05) is 6.54 Å². The van der Waals surface area contributed by atoms with Crippen molar-refractivity contribution in [3.05, 3.63) is 35.9 Å². The van der Waals surface area contributed by atoms with Crippen LogP contribution in [0.15, 0.2) is 30.3 Å². The van der Waals surface area contributed by atoms with Gasteiger partial charge in [-0.3, -0.25) is 19.8 Å². The molecule has 0 aliphatic heterocycles. The van der Waals surface area contributed by atoms with Gasteiger partial charge in [0.25, 0.3) is 0 Å². The summed E-state index contributed by atoms with van der Waals surface area (Å²) >= 11 is 0. The van der Waals surface area contributed by atoms with Crippen molar-refractivity contribution in [1.82, 2.24) is 21.3 Å². The highest BCUT2D eigenvalue weighted by molar-refractivity contribution is 5.92. The fourth-order valence-electron chi connectivity index (χ4n) is 2.65. The number of nitrogens with two attached hydrogens (primary N) is 1. The Morgan fingerprint density at radius 2 is 1.79 bits per heavy atom. The van der Waals surface area contributed by atoms with Crippen LogP contribution in [0.4, 0.5) is 4.79 Å². The smallest absolute Gasteiger partial charge is 0.408 e. The average molecular weight is 464 g/mol. The van der Waals surface area contributed by atoms with Crippen molar-refractivity contribution in [2.45, 2.75) is 57.5 Å². The Balaban J connectivity index is 2.53. The number of benzene rings is 1. The van der Waals surface area contributed by atoms with Gasteiger partial charge in [-0.25, -0.2) is 4.79 Å². The van der Waals surface area contributed by atoms with Crippen LogP contribution in [0.2, 0.25) is 0 Å². The fraction of sp³-hybridized carbons (Fsp3) is 0.476. The maximum Gasteiger partial charge on any atom is 0.408 e. The Morgan fingerprint density at radius 1 is 1.12 bits per heavy atom. The van der Waals surface area contributed by atoms with Crippen LogP contribution in [-0.2, 0) is 25.7 Å². The summed E-state index contributed by atoms with van der Waals surface area (Å²) in [6.45, 7) is 3.01. The molecule has 1 rings (SSSR count). The lowest BCUT2D eigenvalue weighted by atomic mass is 10.1. The molecule has 3 amide bonds. The zero-order valence-electron chi connectivity index (χ0n) is 18.6. The van der Waals surface area contributed by atoms with Gasteiger partial charge in [-0.05, 0) is 32.3 Å². The fourth-order valence-corrected chi connectivity index (χ4v) is 2.65. The monoisotopic (exact) mass is 463 g/mol. The third kappa shape index (κ3) is 11.0. The molecule has 12 heteroatoms. The van der Waals surface area contributed by atoms with E-state index in [4.69, 9.17) is 15.9 Å². The molecule has 1 aromatic carbocycles. The van der Waals surface area contributed by atoms with Gasteiger partial charge >= 0.3 is 6.09 Å². The van der Waals surface area contributed by atoms with Crippen molar-refractivity contribution in [3.8, 4) is 0 Å². The highest BCUT2D eigenvalue weighted by Gasteiger charge is 2.29. The Bertz CT molecular complexity index is 804. The number of hydrogen-bond donors (Lipinski definition) is 7. The van der Waals surface area contributed by atoms with Crippen LogP contribution < -0.4 is 27.0 Å². The van der Waals surface area contributed by atoms with E-state index in [2.05, 4.69) is 21.3 Å². The lowest BCUT2D eigenvalue weighted by Crippen LogP contribution is -2.57. The molecule has 0 aliphatic carbocycles. The van der Waals surface area contributed by atoms with Crippen molar-refractivity contribution in [2.24, 2.45) is 5.73 Å². The van der Waals surface area contributed by atoms with E-state index in [1.165, 1.54) is 13.8 Å². The average Bonchev–Trinajstić information content (AvgIpc) is 2.78. The molecule has 0 saturated heterocycles. The van der Waals surface area contributed by atoms with Crippen molar-refractivity contribution < 1.29 is 29.0 Å². The molecule has 181 valence electrons. The zero-order valence-corrected chi connectivity index (χ0v) is 18.6. The van der Waals surface area contributed by atoms with Gasteiger partial charge in [-0.15, -0.1) is 0 Å². The minimum Gasteiger partial charge on any atom is -0.445 e. The molecule has 4 atom stereocenters. The lowest BCUT2D eigenvalue weighted by molar-refractivity contribution is -0.131. The predicted octanol–water partition coefficient (Wildman–Crippen LogP) is -0.975. The first-order chi connectivity index (χ1) is 15.6. The van der Waals surface area contributed by atoms with Gasteiger partial charge in [0.1, 0.15) is 18.7 Å². The molecule has 0 aliphatic rings. The number of aliphatic hydroxyl groups is 1. The number of ether oxygens (including phenoxy) is 1. The van der Waals surface area contributed by atoms with Gasteiger partial charge < -0.3 is 36.8 Å². The summed E-state index contributed by atoms with van der Waals surface area (Å²) in [6.07, 6.45) is 0.219. The first kappa shape index (κ1) is 27.4. The van der Waals surface area contributed by atoms with E-state index in [9.17, 15) is 24.3 Å². The number of carbonyl (C=O) groups excluding carboxylic acids is 4. The molecule has 33 heavy (non-hydrogen) atoms. The molecule has 12 nitrogen and oxygen atoms in total. The number of aliphatic hydroxyl groups excluding tert-OH is 1. The minimum absolute atomic E-state index is 0.0227. The van der Waals surface area contributed by atoms with Crippen LogP contribution in [0.3, 0.4) is 0 Å². The molecule has 8 N–H and O–H groups in total. The van der Waals surface area contributed by atoms with Crippen molar-refractivity contribution >= 4 is 30.2 Å². The standard InChI is InChI=1S/C21H31N6O6/c1-13(18(30)26-16(11-28)9-6-10-24-20(22)23)25-19(31)17(14(2)29)27-21(32)33-12-15-7-4-3-5-8-15/h3-5,7-8,13-14,16-17,29H,6,9-10,12H2,1-2H3,(H,25,31)(H,26,30)(H,27,32)(H4,22,23,24)/t13-,14+,16-,17-/m0/s1. The lowest BCUT2D eigenvalue weighted by Gasteiger charge is -2.23. The molecule has 0 unspecified atom stereocenters. The maximum absolute atomic E-state index is 12.5. The summed E-state index contributed by atoms with van der Waals surface area (Å²) in [4.78, 5) is 47.9. The van der Waals surface area contributed by atoms with E-state index in [-0.39, 0.29) is 19.0 Å². The summed E-state index contributed by atoms with van der Waals surface area (Å²) in [6, 6.07) is 5.56. The topological polar surface area (TPSA) is 196 Å². The highest BCUT2D eigenvalue weighted by atomic mass is 16.5. The normalized spacial score (nSPS) is 14.0. The first-order valence-electron chi connectivity index (χ1n) is 10.4. The van der Waals surface area contributed by atoms with Crippen LogP contribution in [-0.4, -0.2) is 66.0 Å². The molecule has 0 spiro atoms. The van der Waals surface area contributed by atoms with Gasteiger partial charge in [-0.2, -0.15) is 0 Å². The van der Waals surface area contributed by atoms with Crippen LogP contribution in [0, 0.1) is 5.41 Å². The van der Waals surface area contributed by atoms with E-state index in [0.29, 0.717) is 13.0 Å². The Morgan fingerprint density at radius 3 is 2.36 bits per heavy atom. The van der Waals surface area contributed by atoms with Gasteiger partial charge in [0.2, 0.25) is 18.1 Å². The van der Waals surface area contributed by atoms with E-state index < -0.39 is 42.1 Å². The third-order valence-corrected chi connectivity index (χ3v) is 4.45. The van der Waals surface area contributed by atoms with Gasteiger partial charge in [0.05, 0.1) is 12.1 Å². The highest BCUT2D eigenvalue weighted by Crippen LogP contribution is 2.02. The Kier molecular flexibility index (Phi) is 11.9. The first-order valence-corrected chi connectivity index (χ1v) is 10.4. The molecule has 0 saturated carbocycles. The summed E-state index contributed by atoms with van der Waals surface area (Å²) < 4.78 is 5.05. The second kappa shape index (κ2) is 14.4. The Hall–Kier alpha value is -3.67. The third-order valence-electron chi connectivity index (χ3n) is 4.45. The number of carbonyl (C=O) groups is 3. The van der Waals surface area contributed by atoms with Crippen molar-refractivity contribution in [1.29, 1.82) is 5.41 Å². The van der Waals surface area contributed by atoms with E-state index in [1.54, 1.807) is 30.6 Å². The summed E-state index contributed by atoms with van der Waals surface area (Å²) in [5.41, 5.74) is 5.91. The largest absolute Gasteiger partial charge is 0.445 e. The quantitative estimate of drug-likeness (QED) is 0.110. The number of alkyl carbamates (subject to hydrolysis) is 1. The molecule has 1 radical (unpaired) electrons. The molecule has 0 aromatic heterocycles. The van der Waals surface area contributed by atoms with E-state index >= 15 is 0 Å². The predicted molar refractivity (Wildman–Crippen MR) is 120 cm³/mol. The second-order valence-electron chi connectivity index (χ2n) is 7.32. The number of rotatable bonds is 13. The van der Waals surface area contributed by atoms with Crippen LogP contribution in [0.25, 0.3) is 0 Å². The summed E-state index contributed by atoms with van der Waals surface area (Å²) in [5.74, 6) is -1.65. The van der Waals surface area contributed by atoms with Gasteiger partial charge in [0, 0.05) is 6.54 Å².